The number of hydrogen-bond acceptors (Lipinski definition) is 6. The summed E-state index contributed by atoms with van der Waals surface area (Å²) in [5.74, 6) is 0.998. The Morgan fingerprint density at radius 3 is 2.53 bits per heavy atom. The zero-order valence-corrected chi connectivity index (χ0v) is 22.1. The van der Waals surface area contributed by atoms with Crippen molar-refractivity contribution in [1.29, 1.82) is 0 Å². The van der Waals surface area contributed by atoms with Gasteiger partial charge in [0.25, 0.3) is 0 Å². The fourth-order valence-corrected chi connectivity index (χ4v) is 5.64. The van der Waals surface area contributed by atoms with Gasteiger partial charge in [0, 0.05) is 35.0 Å². The maximum absolute atomic E-state index is 11.3. The van der Waals surface area contributed by atoms with Gasteiger partial charge < -0.3 is 14.5 Å². The highest BCUT2D eigenvalue weighted by atomic mass is 35.5. The van der Waals surface area contributed by atoms with E-state index in [0.29, 0.717) is 32.1 Å². The van der Waals surface area contributed by atoms with Crippen molar-refractivity contribution >= 4 is 40.8 Å². The molecular weight excluding hydrogens is 551 g/mol. The van der Waals surface area contributed by atoms with E-state index in [0.717, 1.165) is 41.7 Å². The van der Waals surface area contributed by atoms with E-state index in [1.54, 1.807) is 30.3 Å². The SMILES string of the molecule is O=C(O)c1cccc(C2CC2c2ccc(OOCc3c(-c4c(Cl)cncc4Cl)noc3C3CC3)cc2Cl)c1. The molecule has 6 rings (SSSR count). The third-order valence-corrected chi connectivity index (χ3v) is 7.84. The van der Waals surface area contributed by atoms with Gasteiger partial charge in [0.05, 0.1) is 21.2 Å². The molecule has 2 atom stereocenters. The van der Waals surface area contributed by atoms with Crippen molar-refractivity contribution < 1.29 is 24.2 Å². The molecule has 0 saturated heterocycles. The highest BCUT2D eigenvalue weighted by Crippen LogP contribution is 2.56. The summed E-state index contributed by atoms with van der Waals surface area (Å²) >= 11 is 19.3. The molecule has 194 valence electrons. The van der Waals surface area contributed by atoms with Crippen LogP contribution in [0.2, 0.25) is 15.1 Å². The van der Waals surface area contributed by atoms with Crippen molar-refractivity contribution in [3.63, 3.8) is 0 Å². The number of halogens is 3. The van der Waals surface area contributed by atoms with Crippen molar-refractivity contribution in [1.82, 2.24) is 10.1 Å². The lowest BCUT2D eigenvalue weighted by atomic mass is 10.0. The van der Waals surface area contributed by atoms with Crippen LogP contribution in [0.25, 0.3) is 11.3 Å². The Bertz CT molecular complexity index is 1510. The summed E-state index contributed by atoms with van der Waals surface area (Å²) in [7, 11) is 0. The van der Waals surface area contributed by atoms with Crippen LogP contribution in [0.5, 0.6) is 5.75 Å². The lowest BCUT2D eigenvalue weighted by Gasteiger charge is -2.10. The van der Waals surface area contributed by atoms with Gasteiger partial charge in [-0.05, 0) is 60.4 Å². The number of benzene rings is 2. The summed E-state index contributed by atoms with van der Waals surface area (Å²) in [6.45, 7) is 0.0731. The third-order valence-electron chi connectivity index (χ3n) is 6.94. The first-order valence-corrected chi connectivity index (χ1v) is 13.2. The number of nitrogens with zero attached hydrogens (tertiary/aromatic N) is 2. The van der Waals surface area contributed by atoms with E-state index in [2.05, 4.69) is 10.1 Å². The van der Waals surface area contributed by atoms with Gasteiger partial charge >= 0.3 is 5.97 Å². The number of pyridine rings is 1. The van der Waals surface area contributed by atoms with Crippen molar-refractivity contribution in [3.8, 4) is 17.0 Å². The van der Waals surface area contributed by atoms with Crippen LogP contribution in [0.1, 0.15) is 69.8 Å². The van der Waals surface area contributed by atoms with Crippen LogP contribution < -0.4 is 4.89 Å². The normalized spacial score (nSPS) is 18.4. The fourth-order valence-electron chi connectivity index (χ4n) is 4.79. The van der Waals surface area contributed by atoms with Crippen LogP contribution in [-0.2, 0) is 11.5 Å². The molecule has 2 heterocycles. The van der Waals surface area contributed by atoms with Gasteiger partial charge in [-0.3, -0.25) is 4.98 Å². The lowest BCUT2D eigenvalue weighted by molar-refractivity contribution is -0.217. The van der Waals surface area contributed by atoms with Crippen molar-refractivity contribution in [2.24, 2.45) is 0 Å². The van der Waals surface area contributed by atoms with E-state index in [1.807, 2.05) is 12.1 Å². The molecule has 0 spiro atoms. The molecule has 10 heteroatoms. The number of hydrogen-bond donors (Lipinski definition) is 1. The monoisotopic (exact) mass is 570 g/mol. The Labute approximate surface area is 233 Å². The number of carboxylic acid groups (broad SMARTS) is 1. The molecule has 38 heavy (non-hydrogen) atoms. The second-order valence-corrected chi connectivity index (χ2v) is 10.8. The van der Waals surface area contributed by atoms with Crippen LogP contribution in [0.4, 0.5) is 0 Å². The minimum atomic E-state index is -0.932. The van der Waals surface area contributed by atoms with E-state index >= 15 is 0 Å². The zero-order chi connectivity index (χ0) is 26.4. The number of carboxylic acids is 1. The number of carbonyl (C=O) groups is 1. The first-order chi connectivity index (χ1) is 18.4. The van der Waals surface area contributed by atoms with E-state index < -0.39 is 5.97 Å². The van der Waals surface area contributed by atoms with Gasteiger partial charge in [-0.25, -0.2) is 4.79 Å². The first-order valence-electron chi connectivity index (χ1n) is 12.1. The molecule has 2 fully saturated rings. The van der Waals surface area contributed by atoms with E-state index in [-0.39, 0.29) is 29.9 Å². The molecular formula is C28H21Cl3N2O5. The average molecular weight is 572 g/mol. The van der Waals surface area contributed by atoms with E-state index in [4.69, 9.17) is 49.1 Å². The Balaban J connectivity index is 1.15. The predicted molar refractivity (Wildman–Crippen MR) is 142 cm³/mol. The molecule has 4 aromatic rings. The fraction of sp³-hybridized carbons (Fsp3) is 0.250. The van der Waals surface area contributed by atoms with Crippen LogP contribution in [0.15, 0.2) is 59.4 Å². The Morgan fingerprint density at radius 2 is 1.82 bits per heavy atom. The molecule has 2 aromatic carbocycles. The molecule has 2 unspecified atom stereocenters. The van der Waals surface area contributed by atoms with Crippen molar-refractivity contribution in [3.05, 3.63) is 97.9 Å². The average Bonchev–Trinajstić information content (AvgIpc) is 3.83. The lowest BCUT2D eigenvalue weighted by Crippen LogP contribution is -2.01. The van der Waals surface area contributed by atoms with Crippen molar-refractivity contribution in [2.45, 2.75) is 43.6 Å². The molecule has 0 bridgehead atoms. The first kappa shape index (κ1) is 25.2. The largest absolute Gasteiger partial charge is 0.478 e. The Morgan fingerprint density at radius 1 is 1.03 bits per heavy atom. The number of aromatic nitrogens is 2. The molecule has 0 amide bonds. The molecule has 2 saturated carbocycles. The number of aromatic carboxylic acids is 1. The summed E-state index contributed by atoms with van der Waals surface area (Å²) in [5.41, 5.74) is 4.05. The molecule has 0 aliphatic heterocycles. The van der Waals surface area contributed by atoms with Gasteiger partial charge in [0.2, 0.25) is 0 Å². The molecule has 2 aliphatic rings. The minimum absolute atomic E-state index is 0.0731. The topological polar surface area (TPSA) is 94.7 Å². The van der Waals surface area contributed by atoms with Crippen LogP contribution in [-0.4, -0.2) is 21.2 Å². The van der Waals surface area contributed by atoms with Gasteiger partial charge in [0.1, 0.15) is 18.1 Å². The zero-order valence-electron chi connectivity index (χ0n) is 19.9. The van der Waals surface area contributed by atoms with Crippen LogP contribution >= 0.6 is 34.8 Å². The summed E-state index contributed by atoms with van der Waals surface area (Å²) in [6, 6.07) is 12.5. The minimum Gasteiger partial charge on any atom is -0.478 e. The van der Waals surface area contributed by atoms with Gasteiger partial charge in [-0.2, -0.15) is 4.89 Å². The molecule has 0 radical (unpaired) electrons. The Kier molecular flexibility index (Phi) is 6.78. The summed E-state index contributed by atoms with van der Waals surface area (Å²) in [4.78, 5) is 26.5. The maximum Gasteiger partial charge on any atom is 0.335 e. The molecule has 7 nitrogen and oxygen atoms in total. The highest BCUT2D eigenvalue weighted by Gasteiger charge is 2.41. The predicted octanol–water partition coefficient (Wildman–Crippen LogP) is 8.05. The standard InChI is InChI=1S/C28H21Cl3N2O5/c29-22-9-17(6-7-18(22)20-10-19(20)15-2-1-3-16(8-15)28(34)35)38-36-13-21-26(33-37-27(21)14-4-5-14)25-23(30)11-32-12-24(25)31/h1-3,6-9,11-12,14,19-20H,4-5,10,13H2,(H,34,35). The maximum atomic E-state index is 11.3. The number of rotatable bonds is 9. The quantitative estimate of drug-likeness (QED) is 0.160. The molecule has 1 N–H and O–H groups in total. The Hall–Kier alpha value is -3.10. The highest BCUT2D eigenvalue weighted by molar-refractivity contribution is 6.38. The summed E-state index contributed by atoms with van der Waals surface area (Å²) in [6.07, 6.45) is 5.94. The second kappa shape index (κ2) is 10.2. The van der Waals surface area contributed by atoms with Crippen LogP contribution in [0, 0.1) is 0 Å². The third kappa shape index (κ3) is 4.99. The smallest absolute Gasteiger partial charge is 0.335 e. The molecule has 2 aliphatic carbocycles. The summed E-state index contributed by atoms with van der Waals surface area (Å²) in [5, 5.41) is 14.8. The van der Waals surface area contributed by atoms with Gasteiger partial charge in [-0.1, -0.05) is 58.2 Å². The van der Waals surface area contributed by atoms with Gasteiger partial charge in [0.15, 0.2) is 5.75 Å². The summed E-state index contributed by atoms with van der Waals surface area (Å²) < 4.78 is 5.65. The second-order valence-electron chi connectivity index (χ2n) is 9.53. The van der Waals surface area contributed by atoms with Crippen molar-refractivity contribution in [2.75, 3.05) is 0 Å². The van der Waals surface area contributed by atoms with Gasteiger partial charge in [-0.15, -0.1) is 0 Å². The van der Waals surface area contributed by atoms with Crippen LogP contribution in [0.3, 0.4) is 0 Å². The van der Waals surface area contributed by atoms with E-state index in [1.165, 1.54) is 12.4 Å². The molecule has 2 aromatic heterocycles. The van der Waals surface area contributed by atoms with E-state index in [9.17, 15) is 9.90 Å².